The number of anilines is 1. The summed E-state index contributed by atoms with van der Waals surface area (Å²) < 4.78 is 0. The van der Waals surface area contributed by atoms with Gasteiger partial charge in [-0.2, -0.15) is 0 Å². The lowest BCUT2D eigenvalue weighted by atomic mass is 10.2. The van der Waals surface area contributed by atoms with E-state index in [0.29, 0.717) is 6.42 Å². The molecule has 1 N–H and O–H groups in total. The number of rotatable bonds is 6. The van der Waals surface area contributed by atoms with E-state index in [-0.39, 0.29) is 0 Å². The van der Waals surface area contributed by atoms with E-state index in [1.807, 2.05) is 49.6 Å². The summed E-state index contributed by atoms with van der Waals surface area (Å²) >= 11 is 0. The van der Waals surface area contributed by atoms with E-state index in [0.717, 1.165) is 30.2 Å². The van der Waals surface area contributed by atoms with Crippen molar-refractivity contribution < 1.29 is 5.11 Å². The molecule has 2 aromatic rings. The zero-order valence-electron chi connectivity index (χ0n) is 12.0. The van der Waals surface area contributed by atoms with Crippen molar-refractivity contribution in [1.82, 2.24) is 9.97 Å². The first kappa shape index (κ1) is 14.5. The molecule has 1 atom stereocenters. The molecule has 0 bridgehead atoms. The van der Waals surface area contributed by atoms with Gasteiger partial charge in [-0.25, -0.2) is 0 Å². The Labute approximate surface area is 120 Å². The molecule has 4 nitrogen and oxygen atoms in total. The summed E-state index contributed by atoms with van der Waals surface area (Å²) in [5.74, 6) is 0. The minimum absolute atomic E-state index is 0.477. The van der Waals surface area contributed by atoms with Crippen LogP contribution in [0.3, 0.4) is 0 Å². The van der Waals surface area contributed by atoms with Crippen molar-refractivity contribution in [3.05, 3.63) is 54.1 Å². The van der Waals surface area contributed by atoms with Gasteiger partial charge in [0, 0.05) is 12.7 Å². The van der Waals surface area contributed by atoms with Crippen LogP contribution in [-0.2, 0) is 6.54 Å². The number of aliphatic hydroxyl groups excluding tert-OH is 1. The van der Waals surface area contributed by atoms with E-state index >= 15 is 0 Å². The zero-order chi connectivity index (χ0) is 14.4. The third kappa shape index (κ3) is 3.54. The van der Waals surface area contributed by atoms with Crippen LogP contribution in [0.25, 0.3) is 0 Å². The minimum Gasteiger partial charge on any atom is -0.387 e. The Bertz CT molecular complexity index is 513. The maximum atomic E-state index is 9.77. The largest absolute Gasteiger partial charge is 0.387 e. The summed E-state index contributed by atoms with van der Waals surface area (Å²) in [7, 11) is 0. The van der Waals surface area contributed by atoms with Gasteiger partial charge in [0.25, 0.3) is 0 Å². The summed E-state index contributed by atoms with van der Waals surface area (Å²) in [5.41, 5.74) is 2.81. The molecule has 2 heterocycles. The molecule has 2 rings (SSSR count). The van der Waals surface area contributed by atoms with E-state index in [2.05, 4.69) is 21.8 Å². The van der Waals surface area contributed by atoms with Gasteiger partial charge in [-0.1, -0.05) is 13.0 Å². The molecule has 0 fully saturated rings. The fraction of sp³-hybridized carbons (Fsp3) is 0.375. The Balaban J connectivity index is 2.11. The Hall–Kier alpha value is -1.94. The summed E-state index contributed by atoms with van der Waals surface area (Å²) in [5, 5.41) is 9.77. The number of pyridine rings is 2. The normalized spacial score (nSPS) is 12.2. The van der Waals surface area contributed by atoms with Gasteiger partial charge in [-0.05, 0) is 37.6 Å². The Morgan fingerprint density at radius 1 is 1.15 bits per heavy atom. The third-order valence-electron chi connectivity index (χ3n) is 3.32. The standard InChI is InChI=1S/C16H21N3O/c1-3-16(20)15-9-8-14(11-18-15)19(4-2)12-13-7-5-6-10-17-13/h5-11,16,20H,3-4,12H2,1-2H3/t16-/m1/s1. The fourth-order valence-corrected chi connectivity index (χ4v) is 2.06. The van der Waals surface area contributed by atoms with Gasteiger partial charge >= 0.3 is 0 Å². The van der Waals surface area contributed by atoms with Crippen LogP contribution in [0.2, 0.25) is 0 Å². The highest BCUT2D eigenvalue weighted by atomic mass is 16.3. The van der Waals surface area contributed by atoms with Crippen LogP contribution in [-0.4, -0.2) is 21.6 Å². The van der Waals surface area contributed by atoms with Crippen molar-refractivity contribution in [3.8, 4) is 0 Å². The molecule has 0 aliphatic rings. The van der Waals surface area contributed by atoms with E-state index in [4.69, 9.17) is 0 Å². The lowest BCUT2D eigenvalue weighted by molar-refractivity contribution is 0.169. The summed E-state index contributed by atoms with van der Waals surface area (Å²) in [6, 6.07) is 9.83. The van der Waals surface area contributed by atoms with E-state index < -0.39 is 6.10 Å². The molecule has 2 aromatic heterocycles. The molecule has 0 saturated carbocycles. The van der Waals surface area contributed by atoms with Gasteiger partial charge in [-0.3, -0.25) is 9.97 Å². The van der Waals surface area contributed by atoms with Crippen molar-refractivity contribution in [2.24, 2.45) is 0 Å². The lowest BCUT2D eigenvalue weighted by Crippen LogP contribution is -2.22. The molecule has 0 aliphatic heterocycles. The summed E-state index contributed by atoms with van der Waals surface area (Å²) in [6.45, 7) is 5.69. The second kappa shape index (κ2) is 7.01. The first-order chi connectivity index (χ1) is 9.74. The molecule has 0 saturated heterocycles. The number of hydrogen-bond acceptors (Lipinski definition) is 4. The summed E-state index contributed by atoms with van der Waals surface area (Å²) in [4.78, 5) is 10.9. The van der Waals surface area contributed by atoms with Crippen LogP contribution in [0.4, 0.5) is 5.69 Å². The molecule has 106 valence electrons. The predicted molar refractivity (Wildman–Crippen MR) is 80.4 cm³/mol. The van der Waals surface area contributed by atoms with Crippen LogP contribution in [0.5, 0.6) is 0 Å². The maximum Gasteiger partial charge on any atom is 0.0957 e. The molecular formula is C16H21N3O. The third-order valence-corrected chi connectivity index (χ3v) is 3.32. The first-order valence-corrected chi connectivity index (χ1v) is 7.03. The fourth-order valence-electron chi connectivity index (χ4n) is 2.06. The van der Waals surface area contributed by atoms with Crippen molar-refractivity contribution >= 4 is 5.69 Å². The van der Waals surface area contributed by atoms with E-state index in [1.54, 1.807) is 0 Å². The Morgan fingerprint density at radius 3 is 2.55 bits per heavy atom. The SMILES string of the molecule is CC[C@@H](O)c1ccc(N(CC)Cc2ccccn2)cn1. The van der Waals surface area contributed by atoms with Crippen LogP contribution >= 0.6 is 0 Å². The topological polar surface area (TPSA) is 49.2 Å². The van der Waals surface area contributed by atoms with Crippen molar-refractivity contribution in [2.75, 3.05) is 11.4 Å². The highest BCUT2D eigenvalue weighted by Gasteiger charge is 2.09. The van der Waals surface area contributed by atoms with Crippen molar-refractivity contribution in [3.63, 3.8) is 0 Å². The average Bonchev–Trinajstić information content (AvgIpc) is 2.53. The second-order valence-corrected chi connectivity index (χ2v) is 4.70. The maximum absolute atomic E-state index is 9.77. The number of aliphatic hydroxyl groups is 1. The lowest BCUT2D eigenvalue weighted by Gasteiger charge is -2.22. The second-order valence-electron chi connectivity index (χ2n) is 4.70. The van der Waals surface area contributed by atoms with Crippen molar-refractivity contribution in [2.45, 2.75) is 32.9 Å². The van der Waals surface area contributed by atoms with Crippen LogP contribution in [0.15, 0.2) is 42.7 Å². The van der Waals surface area contributed by atoms with Gasteiger partial charge in [0.05, 0.1) is 35.9 Å². The van der Waals surface area contributed by atoms with Gasteiger partial charge in [0.1, 0.15) is 0 Å². The van der Waals surface area contributed by atoms with Crippen LogP contribution in [0, 0.1) is 0 Å². The number of nitrogens with zero attached hydrogens (tertiary/aromatic N) is 3. The molecule has 20 heavy (non-hydrogen) atoms. The van der Waals surface area contributed by atoms with E-state index in [1.165, 1.54) is 0 Å². The van der Waals surface area contributed by atoms with Gasteiger partial charge in [0.15, 0.2) is 0 Å². The molecule has 0 unspecified atom stereocenters. The van der Waals surface area contributed by atoms with Crippen molar-refractivity contribution in [1.29, 1.82) is 0 Å². The summed E-state index contributed by atoms with van der Waals surface area (Å²) in [6.07, 6.45) is 3.83. The predicted octanol–water partition coefficient (Wildman–Crippen LogP) is 2.95. The van der Waals surface area contributed by atoms with Gasteiger partial charge in [-0.15, -0.1) is 0 Å². The first-order valence-electron chi connectivity index (χ1n) is 7.03. The monoisotopic (exact) mass is 271 g/mol. The van der Waals surface area contributed by atoms with Crippen LogP contribution in [0.1, 0.15) is 37.8 Å². The molecule has 4 heteroatoms. The molecule has 0 aliphatic carbocycles. The van der Waals surface area contributed by atoms with Crippen LogP contribution < -0.4 is 4.90 Å². The Morgan fingerprint density at radius 2 is 2.00 bits per heavy atom. The van der Waals surface area contributed by atoms with E-state index in [9.17, 15) is 5.11 Å². The quantitative estimate of drug-likeness (QED) is 0.877. The Kier molecular flexibility index (Phi) is 5.07. The highest BCUT2D eigenvalue weighted by Crippen LogP contribution is 2.19. The molecule has 0 amide bonds. The average molecular weight is 271 g/mol. The molecule has 0 spiro atoms. The highest BCUT2D eigenvalue weighted by molar-refractivity contribution is 5.45. The smallest absolute Gasteiger partial charge is 0.0957 e. The number of aromatic nitrogens is 2. The number of hydrogen-bond donors (Lipinski definition) is 1. The van der Waals surface area contributed by atoms with Gasteiger partial charge in [0.2, 0.25) is 0 Å². The zero-order valence-corrected chi connectivity index (χ0v) is 12.0. The van der Waals surface area contributed by atoms with Gasteiger partial charge < -0.3 is 10.0 Å². The molecule has 0 radical (unpaired) electrons. The molecular weight excluding hydrogens is 250 g/mol. The molecule has 0 aromatic carbocycles. The minimum atomic E-state index is -0.477.